The Kier molecular flexibility index (Phi) is 7.57. The number of hydrogen-bond acceptors (Lipinski definition) is 9. The van der Waals surface area contributed by atoms with Crippen molar-refractivity contribution >= 4 is 29.2 Å². The molecule has 3 fully saturated rings. The van der Waals surface area contributed by atoms with Crippen LogP contribution in [0.15, 0.2) is 59.6 Å². The van der Waals surface area contributed by atoms with Gasteiger partial charge in [0.1, 0.15) is 35.4 Å². The number of halogens is 1. The lowest BCUT2D eigenvalue weighted by Crippen LogP contribution is -2.57. The van der Waals surface area contributed by atoms with Crippen molar-refractivity contribution in [3.63, 3.8) is 0 Å². The van der Waals surface area contributed by atoms with Crippen molar-refractivity contribution < 1.29 is 23.8 Å². The van der Waals surface area contributed by atoms with Crippen molar-refractivity contribution in [3.05, 3.63) is 77.1 Å². The Hall–Kier alpha value is -4.29. The van der Waals surface area contributed by atoms with Crippen molar-refractivity contribution in [2.24, 2.45) is 16.1 Å². The first-order chi connectivity index (χ1) is 21.7. The van der Waals surface area contributed by atoms with Crippen LogP contribution in [0.25, 0.3) is 5.70 Å². The van der Waals surface area contributed by atoms with Crippen molar-refractivity contribution in [2.45, 2.75) is 69.7 Å². The van der Waals surface area contributed by atoms with Gasteiger partial charge >= 0.3 is 5.97 Å². The molecule has 2 aliphatic carbocycles. The third-order valence-electron chi connectivity index (χ3n) is 9.91. The predicted octanol–water partition coefficient (Wildman–Crippen LogP) is 3.83. The van der Waals surface area contributed by atoms with E-state index in [1.807, 2.05) is 24.0 Å². The monoisotopic (exact) mass is 615 g/mol. The van der Waals surface area contributed by atoms with Gasteiger partial charge < -0.3 is 31.1 Å². The number of amidine groups is 1. The summed E-state index contributed by atoms with van der Waals surface area (Å²) in [6.07, 6.45) is 9.65. The molecule has 7 rings (SSSR count). The van der Waals surface area contributed by atoms with Crippen LogP contribution in [-0.4, -0.2) is 75.6 Å². The number of aliphatic carboxylic acids is 1. The second-order valence-electron chi connectivity index (χ2n) is 12.9. The number of carbonyl (C=O) groups excluding carboxylic acids is 1. The van der Waals surface area contributed by atoms with E-state index in [9.17, 15) is 14.7 Å². The van der Waals surface area contributed by atoms with Gasteiger partial charge in [0, 0.05) is 48.9 Å². The van der Waals surface area contributed by atoms with Gasteiger partial charge in [0.25, 0.3) is 5.91 Å². The Morgan fingerprint density at radius 2 is 1.98 bits per heavy atom. The number of rotatable bonds is 7. The second-order valence-corrected chi connectivity index (χ2v) is 12.9. The molecule has 0 bridgehead atoms. The smallest absolute Gasteiger partial charge is 0.309 e. The number of morpholine rings is 1. The van der Waals surface area contributed by atoms with E-state index < -0.39 is 23.1 Å². The fraction of sp³-hybridized carbons (Fsp3) is 0.455. The maximum atomic E-state index is 15.8. The molecule has 5 N–H and O–H groups in total. The fourth-order valence-corrected chi connectivity index (χ4v) is 6.98. The van der Waals surface area contributed by atoms with Gasteiger partial charge in [-0.1, -0.05) is 0 Å². The van der Waals surface area contributed by atoms with E-state index in [0.29, 0.717) is 49.1 Å². The lowest BCUT2D eigenvalue weighted by atomic mass is 9.73. The highest BCUT2D eigenvalue weighted by molar-refractivity contribution is 6.06. The summed E-state index contributed by atoms with van der Waals surface area (Å²) < 4.78 is 22.1. The molecule has 2 aromatic rings. The van der Waals surface area contributed by atoms with Crippen LogP contribution in [0, 0.1) is 11.2 Å². The third-order valence-corrected chi connectivity index (χ3v) is 9.91. The van der Waals surface area contributed by atoms with Crippen LogP contribution in [-0.2, 0) is 9.53 Å². The largest absolute Gasteiger partial charge is 0.481 e. The molecule has 5 aliphatic rings. The first-order valence-corrected chi connectivity index (χ1v) is 15.7. The number of nitrogens with one attached hydrogen (secondary N) is 2. The lowest BCUT2D eigenvalue weighted by molar-refractivity contribution is -0.151. The van der Waals surface area contributed by atoms with Crippen LogP contribution in [0.4, 0.5) is 10.2 Å². The minimum atomic E-state index is -0.727. The standard InChI is InChI=1S/C33H38FN7O4/c1-33(32(43)44)9-6-22(7-10-33)40-14-15-45-25(18-40)30-39-27(28-29(35)37-12-13-41(28)30)23-5-4-21(16-24(23)34)31(42)38-26-17-20(8-11-36-26)19-2-3-19/h4-5,8,11-13,16-17,19,22,25,30,39H,2-3,6-7,9-10,14-15,18H2,1H3,(H2,35,37)(H,43,44)(H,36,38,42). The molecule has 45 heavy (non-hydrogen) atoms. The fourth-order valence-electron chi connectivity index (χ4n) is 6.98. The second kappa shape index (κ2) is 11.6. The molecule has 12 heteroatoms. The minimum Gasteiger partial charge on any atom is -0.481 e. The molecular formula is C33H38FN7O4. The Morgan fingerprint density at radius 1 is 1.18 bits per heavy atom. The molecule has 4 heterocycles. The summed E-state index contributed by atoms with van der Waals surface area (Å²) >= 11 is 0. The van der Waals surface area contributed by atoms with Gasteiger partial charge in [-0.25, -0.2) is 14.4 Å². The summed E-state index contributed by atoms with van der Waals surface area (Å²) in [7, 11) is 0. The van der Waals surface area contributed by atoms with E-state index in [2.05, 4.69) is 25.5 Å². The molecular weight excluding hydrogens is 577 g/mol. The van der Waals surface area contributed by atoms with Crippen molar-refractivity contribution in [1.29, 1.82) is 0 Å². The van der Waals surface area contributed by atoms with Gasteiger partial charge in [0.15, 0.2) is 0 Å². The number of carbonyl (C=O) groups is 2. The third kappa shape index (κ3) is 5.68. The first kappa shape index (κ1) is 29.4. The van der Waals surface area contributed by atoms with Gasteiger partial charge in [-0.05, 0) is 87.3 Å². The van der Waals surface area contributed by atoms with E-state index >= 15 is 4.39 Å². The first-order valence-electron chi connectivity index (χ1n) is 15.7. The molecule has 3 aliphatic heterocycles. The number of anilines is 1. The highest BCUT2D eigenvalue weighted by Crippen LogP contribution is 2.41. The van der Waals surface area contributed by atoms with Gasteiger partial charge in [-0.2, -0.15) is 0 Å². The molecule has 0 spiro atoms. The zero-order valence-electron chi connectivity index (χ0n) is 25.2. The number of nitrogens with zero attached hydrogens (tertiary/aromatic N) is 4. The number of carboxylic acid groups (broad SMARTS) is 1. The number of pyridine rings is 1. The molecule has 11 nitrogen and oxygen atoms in total. The number of carboxylic acids is 1. The van der Waals surface area contributed by atoms with E-state index in [-0.39, 0.29) is 35.3 Å². The van der Waals surface area contributed by atoms with Gasteiger partial charge in [-0.3, -0.25) is 14.5 Å². The van der Waals surface area contributed by atoms with Crippen molar-refractivity contribution in [2.75, 3.05) is 25.0 Å². The number of aromatic nitrogens is 1. The van der Waals surface area contributed by atoms with E-state index in [0.717, 1.165) is 37.8 Å². The van der Waals surface area contributed by atoms with Gasteiger partial charge in [0.2, 0.25) is 0 Å². The molecule has 1 saturated heterocycles. The minimum absolute atomic E-state index is 0.176. The SMILES string of the molecule is CC1(C(=O)O)CCC(N2CCOC(C3NC(c4ccc(C(=O)Nc5cc(C6CC6)ccn5)cc4F)=C4C(N)=NC=CN43)C2)CC1. The number of hydrogen-bond donors (Lipinski definition) is 4. The van der Waals surface area contributed by atoms with Crippen molar-refractivity contribution in [3.8, 4) is 0 Å². The van der Waals surface area contributed by atoms with Crippen molar-refractivity contribution in [1.82, 2.24) is 20.1 Å². The van der Waals surface area contributed by atoms with E-state index in [4.69, 9.17) is 10.5 Å². The topological polar surface area (TPSA) is 145 Å². The molecule has 2 unspecified atom stereocenters. The van der Waals surface area contributed by atoms with Crippen LogP contribution in [0.3, 0.4) is 0 Å². The normalized spacial score (nSPS) is 28.4. The summed E-state index contributed by atoms with van der Waals surface area (Å²) in [6, 6.07) is 8.50. The predicted molar refractivity (Wildman–Crippen MR) is 166 cm³/mol. The number of aliphatic imine (C=N–C) groups is 1. The molecule has 1 amide bonds. The van der Waals surface area contributed by atoms with Gasteiger partial charge in [-0.15, -0.1) is 0 Å². The molecule has 236 valence electrons. The summed E-state index contributed by atoms with van der Waals surface area (Å²) in [6.45, 7) is 3.76. The number of benzene rings is 1. The average Bonchev–Trinajstić information content (AvgIpc) is 3.82. The van der Waals surface area contributed by atoms with Crippen LogP contribution in [0.2, 0.25) is 0 Å². The maximum absolute atomic E-state index is 15.8. The van der Waals surface area contributed by atoms with E-state index in [1.165, 1.54) is 6.07 Å². The maximum Gasteiger partial charge on any atom is 0.309 e. The van der Waals surface area contributed by atoms with Crippen LogP contribution < -0.4 is 16.4 Å². The zero-order valence-corrected chi connectivity index (χ0v) is 25.2. The van der Waals surface area contributed by atoms with E-state index in [1.54, 1.807) is 30.7 Å². The summed E-state index contributed by atoms with van der Waals surface area (Å²) in [5.74, 6) is -0.532. The van der Waals surface area contributed by atoms with Crippen LogP contribution in [0.1, 0.15) is 72.9 Å². The average molecular weight is 616 g/mol. The number of ether oxygens (including phenoxy) is 1. The van der Waals surface area contributed by atoms with Gasteiger partial charge in [0.05, 0.1) is 17.7 Å². The molecule has 2 saturated carbocycles. The van der Waals surface area contributed by atoms with Crippen LogP contribution in [0.5, 0.6) is 0 Å². The Labute approximate surface area is 261 Å². The number of nitrogens with two attached hydrogens (primary N) is 1. The number of amides is 1. The zero-order chi connectivity index (χ0) is 31.3. The highest BCUT2D eigenvalue weighted by atomic mass is 19.1. The quantitative estimate of drug-likeness (QED) is 0.365. The molecule has 1 aromatic heterocycles. The molecule has 1 aromatic carbocycles. The summed E-state index contributed by atoms with van der Waals surface area (Å²) in [5, 5.41) is 15.9. The summed E-state index contributed by atoms with van der Waals surface area (Å²) in [4.78, 5) is 37.6. The van der Waals surface area contributed by atoms with Crippen LogP contribution >= 0.6 is 0 Å². The number of fused-ring (bicyclic) bond motifs is 1. The lowest BCUT2D eigenvalue weighted by Gasteiger charge is -2.45. The molecule has 0 radical (unpaired) electrons. The molecule has 2 atom stereocenters. The Bertz CT molecular complexity index is 1610. The highest BCUT2D eigenvalue weighted by Gasteiger charge is 2.44. The Balaban J connectivity index is 1.07. The Morgan fingerprint density at radius 3 is 2.71 bits per heavy atom. The summed E-state index contributed by atoms with van der Waals surface area (Å²) in [5.41, 5.74) is 8.30.